The topological polar surface area (TPSA) is 21.3 Å². The van der Waals surface area contributed by atoms with Gasteiger partial charge in [0.15, 0.2) is 0 Å². The third-order valence-electron chi connectivity index (χ3n) is 3.72. The lowest BCUT2D eigenvalue weighted by Crippen LogP contribution is -2.11. The van der Waals surface area contributed by atoms with Gasteiger partial charge in [-0.05, 0) is 68.6 Å². The highest BCUT2D eigenvalue weighted by Gasteiger charge is 2.03. The molecular weight excluding hydrogens is 258 g/mol. The summed E-state index contributed by atoms with van der Waals surface area (Å²) in [4.78, 5) is 0. The molecule has 2 heteroatoms. The summed E-state index contributed by atoms with van der Waals surface area (Å²) in [5.41, 5.74) is 1.38. The number of hydrogen-bond donors (Lipinski definition) is 1. The molecule has 2 nitrogen and oxygen atoms in total. The van der Waals surface area contributed by atoms with E-state index in [0.717, 1.165) is 30.4 Å². The van der Waals surface area contributed by atoms with Crippen molar-refractivity contribution >= 4 is 0 Å². The Bertz CT molecular complexity index is 507. The van der Waals surface area contributed by atoms with Gasteiger partial charge in [0.2, 0.25) is 0 Å². The first kappa shape index (κ1) is 15.6. The largest absolute Gasteiger partial charge is 0.457 e. The van der Waals surface area contributed by atoms with E-state index in [1.807, 2.05) is 37.4 Å². The summed E-state index contributed by atoms with van der Waals surface area (Å²) in [6.07, 6.45) is 3.61. The van der Waals surface area contributed by atoms with Gasteiger partial charge in [-0.15, -0.1) is 0 Å². The predicted molar refractivity (Wildman–Crippen MR) is 89.0 cm³/mol. The van der Waals surface area contributed by atoms with Gasteiger partial charge in [0.05, 0.1) is 0 Å². The van der Waals surface area contributed by atoms with Crippen molar-refractivity contribution in [3.8, 4) is 11.5 Å². The molecule has 1 N–H and O–H groups in total. The van der Waals surface area contributed by atoms with Gasteiger partial charge in [-0.1, -0.05) is 37.3 Å². The van der Waals surface area contributed by atoms with Crippen molar-refractivity contribution in [2.75, 3.05) is 13.6 Å². The Hall–Kier alpha value is -1.80. The molecule has 0 saturated carbocycles. The zero-order valence-electron chi connectivity index (χ0n) is 13.0. The Morgan fingerprint density at radius 2 is 1.57 bits per heavy atom. The van der Waals surface area contributed by atoms with E-state index in [0.29, 0.717) is 0 Å². The van der Waals surface area contributed by atoms with Crippen LogP contribution in [0, 0.1) is 5.92 Å². The number of benzene rings is 2. The molecule has 21 heavy (non-hydrogen) atoms. The average Bonchev–Trinajstić information content (AvgIpc) is 2.53. The zero-order chi connectivity index (χ0) is 14.9. The molecule has 0 bridgehead atoms. The first-order valence-electron chi connectivity index (χ1n) is 7.74. The summed E-state index contributed by atoms with van der Waals surface area (Å²) < 4.78 is 5.80. The summed E-state index contributed by atoms with van der Waals surface area (Å²) in [6.45, 7) is 3.43. The summed E-state index contributed by atoms with van der Waals surface area (Å²) in [6, 6.07) is 18.3. The van der Waals surface area contributed by atoms with Gasteiger partial charge in [0, 0.05) is 0 Å². The maximum Gasteiger partial charge on any atom is 0.127 e. The van der Waals surface area contributed by atoms with Gasteiger partial charge < -0.3 is 10.1 Å². The van der Waals surface area contributed by atoms with E-state index < -0.39 is 0 Å². The molecule has 2 aromatic carbocycles. The van der Waals surface area contributed by atoms with Crippen molar-refractivity contribution in [1.82, 2.24) is 5.32 Å². The van der Waals surface area contributed by atoms with E-state index in [1.54, 1.807) is 0 Å². The van der Waals surface area contributed by atoms with Gasteiger partial charge in [0.1, 0.15) is 11.5 Å². The Labute approximate surface area is 128 Å². The first-order chi connectivity index (χ1) is 10.3. The van der Waals surface area contributed by atoms with E-state index >= 15 is 0 Å². The lowest BCUT2D eigenvalue weighted by atomic mass is 9.98. The molecule has 0 radical (unpaired) electrons. The van der Waals surface area contributed by atoms with Crippen LogP contribution in [0.3, 0.4) is 0 Å². The van der Waals surface area contributed by atoms with Gasteiger partial charge in [0.25, 0.3) is 0 Å². The normalized spacial score (nSPS) is 12.1. The molecule has 0 aliphatic carbocycles. The lowest BCUT2D eigenvalue weighted by Gasteiger charge is -2.11. The molecule has 0 spiro atoms. The number of nitrogens with one attached hydrogen (secondary N) is 1. The van der Waals surface area contributed by atoms with Crippen LogP contribution in [0.15, 0.2) is 54.6 Å². The minimum Gasteiger partial charge on any atom is -0.457 e. The summed E-state index contributed by atoms with van der Waals surface area (Å²) in [5.74, 6) is 2.54. The Morgan fingerprint density at radius 3 is 2.24 bits per heavy atom. The van der Waals surface area contributed by atoms with Crippen LogP contribution in [0.1, 0.15) is 25.3 Å². The fraction of sp³-hybridized carbons (Fsp3) is 0.368. The van der Waals surface area contributed by atoms with Crippen LogP contribution < -0.4 is 10.1 Å². The average molecular weight is 283 g/mol. The molecule has 1 atom stereocenters. The number of ether oxygens (including phenoxy) is 1. The summed E-state index contributed by atoms with van der Waals surface area (Å²) in [5, 5.41) is 3.21. The minimum absolute atomic E-state index is 0.762. The van der Waals surface area contributed by atoms with Crippen LogP contribution in [0.5, 0.6) is 11.5 Å². The predicted octanol–water partition coefficient (Wildman–Crippen LogP) is 4.66. The molecule has 0 aliphatic rings. The Morgan fingerprint density at radius 1 is 0.905 bits per heavy atom. The van der Waals surface area contributed by atoms with E-state index in [4.69, 9.17) is 4.74 Å². The van der Waals surface area contributed by atoms with E-state index in [-0.39, 0.29) is 0 Å². The SMILES string of the molecule is CNCCC(C)CCc1ccc(Oc2ccccc2)cc1. The number of para-hydroxylation sites is 1. The molecular formula is C19H25NO. The highest BCUT2D eigenvalue weighted by molar-refractivity contribution is 5.32. The maximum absolute atomic E-state index is 5.80. The molecule has 0 heterocycles. The van der Waals surface area contributed by atoms with Crippen LogP contribution in [-0.4, -0.2) is 13.6 Å². The number of aryl methyl sites for hydroxylation is 1. The second kappa shape index (κ2) is 8.48. The Kier molecular flexibility index (Phi) is 6.29. The standard InChI is InChI=1S/C19H25NO/c1-16(14-15-20-2)8-9-17-10-12-19(13-11-17)21-18-6-4-3-5-7-18/h3-7,10-13,16,20H,8-9,14-15H2,1-2H3. The number of hydrogen-bond acceptors (Lipinski definition) is 2. The fourth-order valence-electron chi connectivity index (χ4n) is 2.30. The number of rotatable bonds is 8. The van der Waals surface area contributed by atoms with Crippen molar-refractivity contribution in [3.63, 3.8) is 0 Å². The monoisotopic (exact) mass is 283 g/mol. The van der Waals surface area contributed by atoms with Crippen molar-refractivity contribution in [1.29, 1.82) is 0 Å². The second-order valence-corrected chi connectivity index (χ2v) is 5.60. The first-order valence-corrected chi connectivity index (χ1v) is 7.74. The smallest absolute Gasteiger partial charge is 0.127 e. The van der Waals surface area contributed by atoms with Gasteiger partial charge in [-0.2, -0.15) is 0 Å². The van der Waals surface area contributed by atoms with Crippen LogP contribution in [0.2, 0.25) is 0 Å². The maximum atomic E-state index is 5.80. The molecule has 112 valence electrons. The lowest BCUT2D eigenvalue weighted by molar-refractivity contribution is 0.478. The van der Waals surface area contributed by atoms with Gasteiger partial charge in [-0.3, -0.25) is 0 Å². The molecule has 0 fully saturated rings. The van der Waals surface area contributed by atoms with Gasteiger partial charge in [-0.25, -0.2) is 0 Å². The van der Waals surface area contributed by atoms with E-state index in [2.05, 4.69) is 36.5 Å². The highest BCUT2D eigenvalue weighted by atomic mass is 16.5. The molecule has 0 aliphatic heterocycles. The van der Waals surface area contributed by atoms with Crippen LogP contribution >= 0.6 is 0 Å². The quantitative estimate of drug-likeness (QED) is 0.761. The highest BCUT2D eigenvalue weighted by Crippen LogP contribution is 2.22. The molecule has 2 rings (SSSR count). The van der Waals surface area contributed by atoms with Crippen LogP contribution in [0.25, 0.3) is 0 Å². The van der Waals surface area contributed by atoms with Crippen LogP contribution in [-0.2, 0) is 6.42 Å². The minimum atomic E-state index is 0.762. The molecule has 1 unspecified atom stereocenters. The molecule has 0 saturated heterocycles. The van der Waals surface area contributed by atoms with Gasteiger partial charge >= 0.3 is 0 Å². The molecule has 0 amide bonds. The van der Waals surface area contributed by atoms with Crippen molar-refractivity contribution < 1.29 is 4.74 Å². The fourth-order valence-corrected chi connectivity index (χ4v) is 2.30. The molecule has 2 aromatic rings. The second-order valence-electron chi connectivity index (χ2n) is 5.60. The Balaban J connectivity index is 1.82. The van der Waals surface area contributed by atoms with Crippen molar-refractivity contribution in [3.05, 3.63) is 60.2 Å². The third kappa shape index (κ3) is 5.60. The van der Waals surface area contributed by atoms with Crippen molar-refractivity contribution in [2.45, 2.75) is 26.2 Å². The summed E-state index contributed by atoms with van der Waals surface area (Å²) in [7, 11) is 2.01. The van der Waals surface area contributed by atoms with Crippen LogP contribution in [0.4, 0.5) is 0 Å². The van der Waals surface area contributed by atoms with E-state index in [9.17, 15) is 0 Å². The third-order valence-corrected chi connectivity index (χ3v) is 3.72. The van der Waals surface area contributed by atoms with E-state index in [1.165, 1.54) is 18.4 Å². The van der Waals surface area contributed by atoms with Crippen molar-refractivity contribution in [2.24, 2.45) is 5.92 Å². The molecule has 0 aromatic heterocycles. The zero-order valence-corrected chi connectivity index (χ0v) is 13.0. The summed E-state index contributed by atoms with van der Waals surface area (Å²) >= 11 is 0.